The number of hydrogen-bond donors (Lipinski definition) is 0. The minimum absolute atomic E-state index is 0.879. The average molecular weight is 315 g/mol. The number of aromatic nitrogens is 1. The first-order valence-electron chi connectivity index (χ1n) is 9.15. The molecule has 0 bridgehead atoms. The fourth-order valence-electron chi connectivity index (χ4n) is 4.23. The van der Waals surface area contributed by atoms with Crippen LogP contribution in [0.5, 0.6) is 0 Å². The molecule has 122 valence electrons. The van der Waals surface area contributed by atoms with Gasteiger partial charge in [0, 0.05) is 17.1 Å². The summed E-state index contributed by atoms with van der Waals surface area (Å²) in [6.07, 6.45) is 8.77. The Bertz CT molecular complexity index is 852. The molecule has 0 unspecified atom stereocenters. The van der Waals surface area contributed by atoms with Crippen LogP contribution in [-0.4, -0.2) is 4.98 Å². The standard InChI is InChI=1S/C23H25N/c1-16-11-17(2)13-21(12-16)23-22-15-19(14-18-5-3-4-6-18)7-8-20(22)9-10-24-23/h7-13,15,18H,3-6,14H2,1-2H3. The van der Waals surface area contributed by atoms with Crippen molar-refractivity contribution in [1.29, 1.82) is 0 Å². The van der Waals surface area contributed by atoms with Crippen molar-refractivity contribution in [1.82, 2.24) is 4.98 Å². The van der Waals surface area contributed by atoms with E-state index in [9.17, 15) is 0 Å². The van der Waals surface area contributed by atoms with E-state index in [1.54, 1.807) is 0 Å². The van der Waals surface area contributed by atoms with Crippen LogP contribution < -0.4 is 0 Å². The van der Waals surface area contributed by atoms with Crippen LogP contribution in [0.3, 0.4) is 0 Å². The van der Waals surface area contributed by atoms with Crippen molar-refractivity contribution in [2.75, 3.05) is 0 Å². The number of fused-ring (bicyclic) bond motifs is 1. The molecule has 1 aromatic heterocycles. The highest BCUT2D eigenvalue weighted by molar-refractivity contribution is 5.95. The van der Waals surface area contributed by atoms with E-state index in [0.29, 0.717) is 0 Å². The highest BCUT2D eigenvalue weighted by atomic mass is 14.7. The quantitative estimate of drug-likeness (QED) is 0.556. The summed E-state index contributed by atoms with van der Waals surface area (Å²) < 4.78 is 0. The van der Waals surface area contributed by atoms with Gasteiger partial charge in [-0.2, -0.15) is 0 Å². The van der Waals surface area contributed by atoms with E-state index >= 15 is 0 Å². The third kappa shape index (κ3) is 3.08. The molecule has 0 saturated heterocycles. The number of hydrogen-bond acceptors (Lipinski definition) is 1. The van der Waals surface area contributed by atoms with Crippen LogP contribution in [0.2, 0.25) is 0 Å². The summed E-state index contributed by atoms with van der Waals surface area (Å²) in [4.78, 5) is 4.73. The molecule has 24 heavy (non-hydrogen) atoms. The Kier molecular flexibility index (Phi) is 4.10. The zero-order valence-electron chi connectivity index (χ0n) is 14.7. The number of nitrogens with zero attached hydrogens (tertiary/aromatic N) is 1. The van der Waals surface area contributed by atoms with E-state index in [4.69, 9.17) is 4.98 Å². The zero-order chi connectivity index (χ0) is 16.5. The van der Waals surface area contributed by atoms with Crippen molar-refractivity contribution in [3.8, 4) is 11.3 Å². The lowest BCUT2D eigenvalue weighted by Gasteiger charge is -2.12. The fraction of sp³-hybridized carbons (Fsp3) is 0.348. The van der Waals surface area contributed by atoms with Crippen molar-refractivity contribution < 1.29 is 0 Å². The van der Waals surface area contributed by atoms with Crippen LogP contribution in [0.1, 0.15) is 42.4 Å². The van der Waals surface area contributed by atoms with Gasteiger partial charge in [-0.1, -0.05) is 55.0 Å². The Morgan fingerprint density at radius 1 is 0.917 bits per heavy atom. The Labute approximate surface area is 144 Å². The van der Waals surface area contributed by atoms with Gasteiger partial charge in [-0.3, -0.25) is 4.98 Å². The van der Waals surface area contributed by atoms with Crippen molar-refractivity contribution in [3.05, 3.63) is 65.4 Å². The minimum atomic E-state index is 0.879. The van der Waals surface area contributed by atoms with Crippen molar-refractivity contribution in [3.63, 3.8) is 0 Å². The Morgan fingerprint density at radius 3 is 2.42 bits per heavy atom. The maximum Gasteiger partial charge on any atom is 0.0780 e. The molecule has 3 aromatic rings. The summed E-state index contributed by atoms with van der Waals surface area (Å²) in [6, 6.07) is 15.8. The zero-order valence-corrected chi connectivity index (χ0v) is 14.7. The van der Waals surface area contributed by atoms with E-state index in [2.05, 4.69) is 56.3 Å². The molecule has 0 atom stereocenters. The van der Waals surface area contributed by atoms with Gasteiger partial charge in [0.1, 0.15) is 0 Å². The van der Waals surface area contributed by atoms with Crippen LogP contribution in [0.25, 0.3) is 22.0 Å². The lowest BCUT2D eigenvalue weighted by Crippen LogP contribution is -1.99. The number of pyridine rings is 1. The predicted octanol–water partition coefficient (Wildman–Crippen LogP) is 6.25. The molecule has 0 N–H and O–H groups in total. The summed E-state index contributed by atoms with van der Waals surface area (Å²) in [5.74, 6) is 0.879. The molecule has 1 aliphatic carbocycles. The summed E-state index contributed by atoms with van der Waals surface area (Å²) in [7, 11) is 0. The van der Waals surface area contributed by atoms with E-state index < -0.39 is 0 Å². The highest BCUT2D eigenvalue weighted by Crippen LogP contribution is 2.32. The summed E-state index contributed by atoms with van der Waals surface area (Å²) in [5, 5.41) is 2.58. The molecule has 0 spiro atoms. The molecule has 0 amide bonds. The number of benzene rings is 2. The topological polar surface area (TPSA) is 12.9 Å². The highest BCUT2D eigenvalue weighted by Gasteiger charge is 2.16. The maximum absolute atomic E-state index is 4.73. The molecule has 4 rings (SSSR count). The van der Waals surface area contributed by atoms with Crippen LogP contribution in [0.15, 0.2) is 48.7 Å². The fourth-order valence-corrected chi connectivity index (χ4v) is 4.23. The largest absolute Gasteiger partial charge is 0.256 e. The second kappa shape index (κ2) is 6.39. The third-order valence-electron chi connectivity index (χ3n) is 5.32. The molecule has 1 nitrogen and oxygen atoms in total. The second-order valence-electron chi connectivity index (χ2n) is 7.45. The first kappa shape index (κ1) is 15.4. The first-order chi connectivity index (χ1) is 11.7. The third-order valence-corrected chi connectivity index (χ3v) is 5.32. The Morgan fingerprint density at radius 2 is 1.67 bits per heavy atom. The molecule has 1 aliphatic rings. The number of rotatable bonds is 3. The van der Waals surface area contributed by atoms with Gasteiger partial charge >= 0.3 is 0 Å². The average Bonchev–Trinajstić information content (AvgIpc) is 3.06. The molecule has 2 aromatic carbocycles. The van der Waals surface area contributed by atoms with Gasteiger partial charge in [0.2, 0.25) is 0 Å². The predicted molar refractivity (Wildman–Crippen MR) is 102 cm³/mol. The van der Waals surface area contributed by atoms with Gasteiger partial charge in [-0.15, -0.1) is 0 Å². The van der Waals surface area contributed by atoms with Gasteiger partial charge < -0.3 is 0 Å². The Hall–Kier alpha value is -2.15. The summed E-state index contributed by atoms with van der Waals surface area (Å²) in [6.45, 7) is 4.32. The molecular weight excluding hydrogens is 290 g/mol. The summed E-state index contributed by atoms with van der Waals surface area (Å²) in [5.41, 5.74) is 6.41. The first-order valence-corrected chi connectivity index (χ1v) is 9.15. The van der Waals surface area contributed by atoms with Gasteiger partial charge in [0.05, 0.1) is 5.69 Å². The van der Waals surface area contributed by atoms with Gasteiger partial charge in [-0.05, 0) is 61.4 Å². The smallest absolute Gasteiger partial charge is 0.0780 e. The second-order valence-corrected chi connectivity index (χ2v) is 7.45. The van der Waals surface area contributed by atoms with E-state index in [1.807, 2.05) is 6.20 Å². The molecule has 0 aliphatic heterocycles. The van der Waals surface area contributed by atoms with Crippen LogP contribution in [-0.2, 0) is 6.42 Å². The van der Waals surface area contributed by atoms with E-state index in [0.717, 1.165) is 11.6 Å². The summed E-state index contributed by atoms with van der Waals surface area (Å²) >= 11 is 0. The molecule has 1 saturated carbocycles. The van der Waals surface area contributed by atoms with Crippen LogP contribution >= 0.6 is 0 Å². The Balaban J connectivity index is 1.79. The number of aryl methyl sites for hydroxylation is 2. The van der Waals surface area contributed by atoms with E-state index in [-0.39, 0.29) is 0 Å². The normalized spacial score (nSPS) is 15.2. The van der Waals surface area contributed by atoms with Gasteiger partial charge in [0.15, 0.2) is 0 Å². The minimum Gasteiger partial charge on any atom is -0.256 e. The van der Waals surface area contributed by atoms with E-state index in [1.165, 1.54) is 65.1 Å². The lowest BCUT2D eigenvalue weighted by molar-refractivity contribution is 0.547. The maximum atomic E-state index is 4.73. The lowest BCUT2D eigenvalue weighted by atomic mass is 9.94. The SMILES string of the molecule is Cc1cc(C)cc(-c2nccc3ccc(CC4CCCC4)cc23)c1. The van der Waals surface area contributed by atoms with Gasteiger partial charge in [0.25, 0.3) is 0 Å². The van der Waals surface area contributed by atoms with Gasteiger partial charge in [-0.25, -0.2) is 0 Å². The van der Waals surface area contributed by atoms with Crippen molar-refractivity contribution in [2.24, 2.45) is 5.92 Å². The monoisotopic (exact) mass is 315 g/mol. The van der Waals surface area contributed by atoms with Crippen molar-refractivity contribution >= 4 is 10.8 Å². The molecule has 0 radical (unpaired) electrons. The molecule has 1 fully saturated rings. The van der Waals surface area contributed by atoms with Crippen LogP contribution in [0.4, 0.5) is 0 Å². The molecule has 1 heterocycles. The van der Waals surface area contributed by atoms with Crippen LogP contribution in [0, 0.1) is 19.8 Å². The van der Waals surface area contributed by atoms with Crippen molar-refractivity contribution in [2.45, 2.75) is 46.0 Å². The molecular formula is C23H25N. The molecule has 1 heteroatoms.